The lowest BCUT2D eigenvalue weighted by atomic mass is 10.00. The molecule has 0 rings (SSSR count). The maximum atomic E-state index is 11.1. The molecule has 0 aliphatic carbocycles. The molecule has 0 heterocycles. The van der Waals surface area contributed by atoms with E-state index in [0.717, 1.165) is 0 Å². The van der Waals surface area contributed by atoms with Crippen LogP contribution in [0.5, 0.6) is 0 Å². The zero-order valence-corrected chi connectivity index (χ0v) is 11.2. The van der Waals surface area contributed by atoms with Crippen molar-refractivity contribution in [3.8, 4) is 0 Å². The standard InChI is InChI=1S/C9H20O4S2/c1-6(2)8(14(10)11)5-9(7(3)4)15(12)13/h6-9H,5H2,1-4H3,(H,10,11)(H,12,13). The second-order valence-electron chi connectivity index (χ2n) is 4.35. The minimum Gasteiger partial charge on any atom is -0.306 e. The number of hydrogen-bond donors (Lipinski definition) is 2. The van der Waals surface area contributed by atoms with E-state index >= 15 is 0 Å². The molecule has 6 heteroatoms. The molecule has 2 N–H and O–H groups in total. The lowest BCUT2D eigenvalue weighted by Crippen LogP contribution is -2.32. The summed E-state index contributed by atoms with van der Waals surface area (Å²) in [6.07, 6.45) is 0.307. The molecule has 4 unspecified atom stereocenters. The predicted octanol–water partition coefficient (Wildman–Crippen LogP) is 1.87. The van der Waals surface area contributed by atoms with Crippen molar-refractivity contribution in [2.24, 2.45) is 11.8 Å². The van der Waals surface area contributed by atoms with Crippen molar-refractivity contribution in [3.63, 3.8) is 0 Å². The van der Waals surface area contributed by atoms with Gasteiger partial charge in [-0.05, 0) is 18.3 Å². The van der Waals surface area contributed by atoms with Crippen LogP contribution < -0.4 is 0 Å². The van der Waals surface area contributed by atoms with Crippen LogP contribution in [-0.4, -0.2) is 28.0 Å². The summed E-state index contributed by atoms with van der Waals surface area (Å²) in [5, 5.41) is -0.873. The molecule has 0 aliphatic rings. The first kappa shape index (κ1) is 15.2. The van der Waals surface area contributed by atoms with Crippen LogP contribution in [0.25, 0.3) is 0 Å². The molecule has 0 saturated carbocycles. The van der Waals surface area contributed by atoms with Crippen molar-refractivity contribution in [3.05, 3.63) is 0 Å². The van der Waals surface area contributed by atoms with E-state index in [4.69, 9.17) is 9.11 Å². The highest BCUT2D eigenvalue weighted by Crippen LogP contribution is 2.21. The highest BCUT2D eigenvalue weighted by atomic mass is 32.2. The molecule has 0 bridgehead atoms. The van der Waals surface area contributed by atoms with Gasteiger partial charge in [0.05, 0.1) is 10.5 Å². The highest BCUT2D eigenvalue weighted by Gasteiger charge is 2.28. The quantitative estimate of drug-likeness (QED) is 0.711. The van der Waals surface area contributed by atoms with Gasteiger partial charge in [0.2, 0.25) is 0 Å². The molecular weight excluding hydrogens is 236 g/mol. The summed E-state index contributed by atoms with van der Waals surface area (Å²) < 4.78 is 40.3. The largest absolute Gasteiger partial charge is 0.306 e. The van der Waals surface area contributed by atoms with Gasteiger partial charge >= 0.3 is 0 Å². The highest BCUT2D eigenvalue weighted by molar-refractivity contribution is 7.80. The molecule has 0 radical (unpaired) electrons. The molecule has 4 nitrogen and oxygen atoms in total. The van der Waals surface area contributed by atoms with E-state index in [-0.39, 0.29) is 11.8 Å². The van der Waals surface area contributed by atoms with Gasteiger partial charge in [-0.1, -0.05) is 27.7 Å². The third kappa shape index (κ3) is 5.19. The smallest absolute Gasteiger partial charge is 0.156 e. The van der Waals surface area contributed by atoms with E-state index < -0.39 is 32.7 Å². The molecule has 0 saturated heterocycles. The van der Waals surface area contributed by atoms with Crippen LogP contribution >= 0.6 is 0 Å². The summed E-state index contributed by atoms with van der Waals surface area (Å²) in [6, 6.07) is 0. The summed E-state index contributed by atoms with van der Waals surface area (Å²) in [5.74, 6) is 0.0567. The van der Waals surface area contributed by atoms with E-state index in [2.05, 4.69) is 0 Å². The van der Waals surface area contributed by atoms with Crippen molar-refractivity contribution < 1.29 is 17.5 Å². The van der Waals surface area contributed by atoms with Crippen LogP contribution in [0.3, 0.4) is 0 Å². The topological polar surface area (TPSA) is 74.6 Å². The third-order valence-electron chi connectivity index (χ3n) is 2.47. The van der Waals surface area contributed by atoms with Gasteiger partial charge in [-0.25, -0.2) is 8.42 Å². The Kier molecular flexibility index (Phi) is 6.83. The van der Waals surface area contributed by atoms with Crippen LogP contribution in [0, 0.1) is 11.8 Å². The van der Waals surface area contributed by atoms with E-state index in [1.807, 2.05) is 27.7 Å². The van der Waals surface area contributed by atoms with E-state index in [0.29, 0.717) is 6.42 Å². The third-order valence-corrected chi connectivity index (χ3v) is 4.98. The molecule has 0 aromatic rings. The Morgan fingerprint density at radius 2 is 1.13 bits per heavy atom. The van der Waals surface area contributed by atoms with E-state index in [1.54, 1.807) is 0 Å². The second-order valence-corrected chi connectivity index (χ2v) is 6.67. The first-order valence-electron chi connectivity index (χ1n) is 4.96. The van der Waals surface area contributed by atoms with Crippen molar-refractivity contribution in [1.82, 2.24) is 0 Å². The molecule has 0 fully saturated rings. The molecule has 4 atom stereocenters. The fraction of sp³-hybridized carbons (Fsp3) is 1.00. The van der Waals surface area contributed by atoms with Crippen LogP contribution in [0.2, 0.25) is 0 Å². The molecule has 0 amide bonds. The molecule has 0 spiro atoms. The molecule has 15 heavy (non-hydrogen) atoms. The monoisotopic (exact) mass is 256 g/mol. The van der Waals surface area contributed by atoms with E-state index in [1.165, 1.54) is 0 Å². The maximum absolute atomic E-state index is 11.1. The Hall–Kier alpha value is 0.220. The van der Waals surface area contributed by atoms with Crippen LogP contribution in [0.15, 0.2) is 0 Å². The average molecular weight is 256 g/mol. The molecule has 0 aromatic heterocycles. The average Bonchev–Trinajstić information content (AvgIpc) is 2.01. The van der Waals surface area contributed by atoms with Crippen molar-refractivity contribution in [2.75, 3.05) is 0 Å². The zero-order valence-electron chi connectivity index (χ0n) is 9.54. The second kappa shape index (κ2) is 6.73. The molecule has 0 aromatic carbocycles. The van der Waals surface area contributed by atoms with Crippen LogP contribution in [0.4, 0.5) is 0 Å². The Balaban J connectivity index is 4.62. The Morgan fingerprint density at radius 3 is 1.27 bits per heavy atom. The predicted molar refractivity (Wildman–Crippen MR) is 63.4 cm³/mol. The number of rotatable bonds is 6. The zero-order chi connectivity index (χ0) is 12.2. The van der Waals surface area contributed by atoms with Gasteiger partial charge in [0, 0.05) is 0 Å². The summed E-state index contributed by atoms with van der Waals surface area (Å²) >= 11 is -3.87. The SMILES string of the molecule is CC(C)C(CC(C(C)C)S(=O)O)S(=O)O. The molecular formula is C9H20O4S2. The summed E-state index contributed by atoms with van der Waals surface area (Å²) in [5.41, 5.74) is 0. The Bertz CT molecular complexity index is 216. The fourth-order valence-electron chi connectivity index (χ4n) is 1.40. The van der Waals surface area contributed by atoms with Gasteiger partial charge in [-0.15, -0.1) is 0 Å². The van der Waals surface area contributed by atoms with Gasteiger partial charge in [-0.3, -0.25) is 0 Å². The van der Waals surface area contributed by atoms with Crippen molar-refractivity contribution in [1.29, 1.82) is 0 Å². The van der Waals surface area contributed by atoms with Crippen LogP contribution in [0.1, 0.15) is 34.1 Å². The Labute approximate surface area is 96.4 Å². The maximum Gasteiger partial charge on any atom is 0.156 e. The normalized spacial score (nSPS) is 20.3. The lowest BCUT2D eigenvalue weighted by Gasteiger charge is -2.23. The van der Waals surface area contributed by atoms with Gasteiger partial charge in [-0.2, -0.15) is 0 Å². The fourth-order valence-corrected chi connectivity index (χ4v) is 3.20. The number of hydrogen-bond acceptors (Lipinski definition) is 2. The Morgan fingerprint density at radius 1 is 0.867 bits per heavy atom. The molecule has 0 aliphatic heterocycles. The molecule has 92 valence electrons. The van der Waals surface area contributed by atoms with E-state index in [9.17, 15) is 8.42 Å². The summed E-state index contributed by atoms with van der Waals surface area (Å²) in [4.78, 5) is 0. The van der Waals surface area contributed by atoms with Gasteiger partial charge in [0.1, 0.15) is 0 Å². The summed E-state index contributed by atoms with van der Waals surface area (Å²) in [7, 11) is 0. The van der Waals surface area contributed by atoms with Gasteiger partial charge in [0.25, 0.3) is 0 Å². The van der Waals surface area contributed by atoms with Crippen molar-refractivity contribution >= 4 is 22.2 Å². The first-order valence-corrected chi connectivity index (χ1v) is 7.30. The van der Waals surface area contributed by atoms with Gasteiger partial charge < -0.3 is 9.11 Å². The van der Waals surface area contributed by atoms with Crippen molar-refractivity contribution in [2.45, 2.75) is 44.6 Å². The first-order chi connectivity index (χ1) is 6.77. The minimum atomic E-state index is -1.93. The minimum absolute atomic E-state index is 0.0284. The van der Waals surface area contributed by atoms with Crippen LogP contribution in [-0.2, 0) is 22.2 Å². The summed E-state index contributed by atoms with van der Waals surface area (Å²) in [6.45, 7) is 7.37. The lowest BCUT2D eigenvalue weighted by molar-refractivity contribution is 0.440. The van der Waals surface area contributed by atoms with Gasteiger partial charge in [0.15, 0.2) is 22.2 Å².